The van der Waals surface area contributed by atoms with Crippen LogP contribution in [0.15, 0.2) is 42.5 Å². The van der Waals surface area contributed by atoms with Crippen molar-refractivity contribution >= 4 is 21.6 Å². The van der Waals surface area contributed by atoms with Gasteiger partial charge < -0.3 is 9.64 Å². The largest absolute Gasteiger partial charge is 0.493 e. The highest BCUT2D eigenvalue weighted by Gasteiger charge is 2.34. The number of anilines is 1. The van der Waals surface area contributed by atoms with Crippen molar-refractivity contribution in [1.82, 2.24) is 0 Å². The fourth-order valence-corrected chi connectivity index (χ4v) is 5.25. The summed E-state index contributed by atoms with van der Waals surface area (Å²) in [6.07, 6.45) is -0.330. The molecule has 0 radical (unpaired) electrons. The Morgan fingerprint density at radius 3 is 2.31 bits per heavy atom. The smallest absolute Gasteiger partial charge is 0.417 e. The molecular weight excluding hydrogens is 481 g/mol. The van der Waals surface area contributed by atoms with Gasteiger partial charge >= 0.3 is 6.18 Å². The molecule has 32 heavy (non-hydrogen) atoms. The fraction of sp³-hybridized carbons (Fsp3) is 0.480. The third kappa shape index (κ3) is 5.23. The average Bonchev–Trinajstić information content (AvgIpc) is 2.78. The first kappa shape index (κ1) is 23.0. The van der Waals surface area contributed by atoms with Crippen LogP contribution in [-0.4, -0.2) is 25.0 Å². The van der Waals surface area contributed by atoms with Gasteiger partial charge in [-0.1, -0.05) is 28.1 Å². The number of piperidine rings is 1. The molecular formula is C25H26BrF3N2O. The van der Waals surface area contributed by atoms with E-state index in [1.54, 1.807) is 12.1 Å². The Balaban J connectivity index is 1.31. The maximum Gasteiger partial charge on any atom is 0.417 e. The number of hydrogen-bond donors (Lipinski definition) is 0. The molecule has 0 N–H and O–H groups in total. The molecule has 1 aliphatic heterocycles. The van der Waals surface area contributed by atoms with Crippen LogP contribution in [-0.2, 0) is 6.18 Å². The van der Waals surface area contributed by atoms with Crippen molar-refractivity contribution in [3.63, 3.8) is 0 Å². The first-order valence-electron chi connectivity index (χ1n) is 11.0. The van der Waals surface area contributed by atoms with Gasteiger partial charge in [0.05, 0.1) is 23.8 Å². The molecule has 7 heteroatoms. The molecule has 2 fully saturated rings. The van der Waals surface area contributed by atoms with E-state index < -0.39 is 11.7 Å². The second-order valence-electron chi connectivity index (χ2n) is 8.84. The Hall–Kier alpha value is -2.20. The van der Waals surface area contributed by atoms with Crippen LogP contribution in [0.3, 0.4) is 0 Å². The molecule has 1 saturated heterocycles. The first-order valence-corrected chi connectivity index (χ1v) is 12.1. The van der Waals surface area contributed by atoms with Gasteiger partial charge in [0.1, 0.15) is 5.75 Å². The minimum atomic E-state index is -4.53. The van der Waals surface area contributed by atoms with Crippen molar-refractivity contribution in [2.45, 2.75) is 37.8 Å². The van der Waals surface area contributed by atoms with Crippen molar-refractivity contribution < 1.29 is 17.9 Å². The molecule has 1 heterocycles. The molecule has 170 valence electrons. The standard InChI is InChI=1S/C25H26BrF3N2O/c26-14-17-11-18(12-17)16-32-23-5-2-19(3-6-23)20-7-9-31(10-8-20)22-4-1-21(15-30)24(13-22)25(27,28)29/h1-6,13,17-18,20H,7-12,14,16H2/t17-,18+. The summed E-state index contributed by atoms with van der Waals surface area (Å²) in [6, 6.07) is 13.9. The van der Waals surface area contributed by atoms with E-state index in [0.717, 1.165) is 42.5 Å². The highest BCUT2D eigenvalue weighted by Crippen LogP contribution is 2.37. The van der Waals surface area contributed by atoms with Crippen LogP contribution in [0.25, 0.3) is 0 Å². The molecule has 0 spiro atoms. The van der Waals surface area contributed by atoms with E-state index in [4.69, 9.17) is 10.00 Å². The third-order valence-electron chi connectivity index (χ3n) is 6.68. The van der Waals surface area contributed by atoms with Gasteiger partial charge in [0.2, 0.25) is 0 Å². The number of rotatable bonds is 6. The molecule has 0 aromatic heterocycles. The third-order valence-corrected chi connectivity index (χ3v) is 7.59. The summed E-state index contributed by atoms with van der Waals surface area (Å²) in [5, 5.41) is 10.1. The lowest BCUT2D eigenvalue weighted by atomic mass is 9.77. The predicted octanol–water partition coefficient (Wildman–Crippen LogP) is 6.76. The van der Waals surface area contributed by atoms with Crippen LogP contribution in [0.2, 0.25) is 0 Å². The number of nitriles is 1. The maximum atomic E-state index is 13.3. The molecule has 1 aliphatic carbocycles. The summed E-state index contributed by atoms with van der Waals surface area (Å²) in [4.78, 5) is 1.98. The quantitative estimate of drug-likeness (QED) is 0.406. The van der Waals surface area contributed by atoms with Crippen molar-refractivity contribution in [1.29, 1.82) is 5.26 Å². The summed E-state index contributed by atoms with van der Waals surface area (Å²) in [6.45, 7) is 2.14. The van der Waals surface area contributed by atoms with E-state index in [1.807, 2.05) is 17.0 Å². The second kappa shape index (κ2) is 9.74. The molecule has 0 amide bonds. The van der Waals surface area contributed by atoms with E-state index in [9.17, 15) is 13.2 Å². The van der Waals surface area contributed by atoms with Gasteiger partial charge in [0, 0.05) is 24.1 Å². The minimum Gasteiger partial charge on any atom is -0.493 e. The summed E-state index contributed by atoms with van der Waals surface area (Å²) in [5.74, 6) is 2.72. The SMILES string of the molecule is N#Cc1ccc(N2CCC(c3ccc(OC[C@H]4C[C@@H](CBr)C4)cc3)CC2)cc1C(F)(F)F. The fourth-order valence-electron chi connectivity index (χ4n) is 4.72. The zero-order chi connectivity index (χ0) is 22.7. The molecule has 2 aromatic carbocycles. The van der Waals surface area contributed by atoms with Crippen molar-refractivity contribution in [3.8, 4) is 11.8 Å². The first-order chi connectivity index (χ1) is 15.4. The van der Waals surface area contributed by atoms with Gasteiger partial charge in [-0.25, -0.2) is 0 Å². The molecule has 0 unspecified atom stereocenters. The molecule has 4 rings (SSSR count). The Labute approximate surface area is 195 Å². The zero-order valence-electron chi connectivity index (χ0n) is 17.7. The Morgan fingerprint density at radius 1 is 1.03 bits per heavy atom. The minimum absolute atomic E-state index is 0.335. The molecule has 3 nitrogen and oxygen atoms in total. The second-order valence-corrected chi connectivity index (χ2v) is 9.49. The van der Waals surface area contributed by atoms with Crippen molar-refractivity contribution in [2.24, 2.45) is 11.8 Å². The number of hydrogen-bond acceptors (Lipinski definition) is 3. The summed E-state index contributed by atoms with van der Waals surface area (Å²) in [5.41, 5.74) is 0.575. The average molecular weight is 507 g/mol. The van der Waals surface area contributed by atoms with Crippen LogP contribution in [0.5, 0.6) is 5.75 Å². The monoisotopic (exact) mass is 506 g/mol. The lowest BCUT2D eigenvalue weighted by Crippen LogP contribution is -2.33. The Morgan fingerprint density at radius 2 is 1.72 bits per heavy atom. The van der Waals surface area contributed by atoms with Gasteiger partial charge in [-0.15, -0.1) is 0 Å². The van der Waals surface area contributed by atoms with Gasteiger partial charge in [-0.05, 0) is 79.3 Å². The lowest BCUT2D eigenvalue weighted by molar-refractivity contribution is -0.137. The van der Waals surface area contributed by atoms with E-state index in [2.05, 4.69) is 28.1 Å². The van der Waals surface area contributed by atoms with Gasteiger partial charge in [0.15, 0.2) is 0 Å². The van der Waals surface area contributed by atoms with Crippen LogP contribution in [0.4, 0.5) is 18.9 Å². The number of ether oxygens (including phenoxy) is 1. The topological polar surface area (TPSA) is 36.3 Å². The molecule has 0 atom stereocenters. The highest BCUT2D eigenvalue weighted by atomic mass is 79.9. The summed E-state index contributed by atoms with van der Waals surface area (Å²) < 4.78 is 45.8. The number of alkyl halides is 4. The number of benzene rings is 2. The van der Waals surface area contributed by atoms with E-state index in [-0.39, 0.29) is 5.56 Å². The summed E-state index contributed by atoms with van der Waals surface area (Å²) >= 11 is 3.53. The van der Waals surface area contributed by atoms with E-state index in [1.165, 1.54) is 24.5 Å². The van der Waals surface area contributed by atoms with Crippen molar-refractivity contribution in [2.75, 3.05) is 29.9 Å². The Bertz CT molecular complexity index is 957. The van der Waals surface area contributed by atoms with E-state index >= 15 is 0 Å². The van der Waals surface area contributed by atoms with Gasteiger partial charge in [0.25, 0.3) is 0 Å². The predicted molar refractivity (Wildman–Crippen MR) is 122 cm³/mol. The normalized spacial score (nSPS) is 21.7. The van der Waals surface area contributed by atoms with Gasteiger partial charge in [-0.3, -0.25) is 0 Å². The highest BCUT2D eigenvalue weighted by molar-refractivity contribution is 9.09. The molecule has 0 bridgehead atoms. The summed E-state index contributed by atoms with van der Waals surface area (Å²) in [7, 11) is 0. The van der Waals surface area contributed by atoms with Crippen LogP contribution >= 0.6 is 15.9 Å². The van der Waals surface area contributed by atoms with Gasteiger partial charge in [-0.2, -0.15) is 18.4 Å². The molecule has 2 aromatic rings. The zero-order valence-corrected chi connectivity index (χ0v) is 19.3. The number of halogens is 4. The van der Waals surface area contributed by atoms with Crippen LogP contribution in [0.1, 0.15) is 48.3 Å². The van der Waals surface area contributed by atoms with Crippen molar-refractivity contribution in [3.05, 3.63) is 59.2 Å². The Kier molecular flexibility index (Phi) is 6.99. The number of nitrogens with zero attached hydrogens (tertiary/aromatic N) is 2. The molecule has 1 saturated carbocycles. The lowest BCUT2D eigenvalue weighted by Gasteiger charge is -2.34. The van der Waals surface area contributed by atoms with Crippen LogP contribution in [0, 0.1) is 23.2 Å². The van der Waals surface area contributed by atoms with Crippen LogP contribution < -0.4 is 9.64 Å². The van der Waals surface area contributed by atoms with E-state index in [0.29, 0.717) is 30.6 Å². The maximum absolute atomic E-state index is 13.3. The molecule has 2 aliphatic rings.